The fourth-order valence-corrected chi connectivity index (χ4v) is 4.83. The van der Waals surface area contributed by atoms with Gasteiger partial charge in [-0.3, -0.25) is 9.59 Å². The van der Waals surface area contributed by atoms with Crippen LogP contribution >= 0.6 is 0 Å². The van der Waals surface area contributed by atoms with Gasteiger partial charge in [-0.1, -0.05) is 17.7 Å². The minimum atomic E-state index is -3.20. The third-order valence-electron chi connectivity index (χ3n) is 4.82. The van der Waals surface area contributed by atoms with Gasteiger partial charge in [-0.2, -0.15) is 5.10 Å². The number of hydrogen-bond donors (Lipinski definition) is 1. The van der Waals surface area contributed by atoms with Gasteiger partial charge in [0, 0.05) is 18.5 Å². The highest BCUT2D eigenvalue weighted by Gasteiger charge is 2.37. The number of sulfone groups is 1. The highest BCUT2D eigenvalue weighted by Crippen LogP contribution is 2.22. The predicted octanol–water partition coefficient (Wildman–Crippen LogP) is 1.03. The molecule has 0 aromatic heterocycles. The third-order valence-corrected chi connectivity index (χ3v) is 6.57. The first-order chi connectivity index (χ1) is 13.6. The normalized spacial score (nSPS) is 22.0. The smallest absolute Gasteiger partial charge is 0.355 e. The molecule has 1 N–H and O–H groups in total. The molecule has 0 spiro atoms. The Morgan fingerprint density at radius 3 is 2.55 bits per heavy atom. The van der Waals surface area contributed by atoms with Gasteiger partial charge >= 0.3 is 5.97 Å². The number of rotatable bonds is 5. The molecule has 29 heavy (non-hydrogen) atoms. The molecule has 1 aromatic rings. The van der Waals surface area contributed by atoms with E-state index in [1.54, 1.807) is 12.1 Å². The number of carbonyl (C=O) groups excluding carboxylic acids is 3. The predicted molar refractivity (Wildman–Crippen MR) is 106 cm³/mol. The van der Waals surface area contributed by atoms with Crippen LogP contribution in [0.25, 0.3) is 0 Å². The average molecular weight is 421 g/mol. The number of ether oxygens (including phenoxy) is 1. The average Bonchev–Trinajstić information content (AvgIpc) is 3.03. The van der Waals surface area contributed by atoms with Gasteiger partial charge < -0.3 is 10.1 Å². The first-order valence-electron chi connectivity index (χ1n) is 9.33. The summed E-state index contributed by atoms with van der Waals surface area (Å²) in [5.41, 5.74) is 1.63. The van der Waals surface area contributed by atoms with Crippen molar-refractivity contribution in [2.75, 3.05) is 16.8 Å². The fraction of sp³-hybridized carbons (Fsp3) is 0.474. The molecule has 0 bridgehead atoms. The molecule has 156 valence electrons. The molecule has 10 heteroatoms. The van der Waals surface area contributed by atoms with Crippen LogP contribution in [0.2, 0.25) is 0 Å². The number of benzene rings is 1. The van der Waals surface area contributed by atoms with Crippen LogP contribution in [0.5, 0.6) is 0 Å². The molecular weight excluding hydrogens is 398 g/mol. The van der Waals surface area contributed by atoms with Crippen LogP contribution in [0, 0.1) is 6.92 Å². The maximum atomic E-state index is 12.4. The molecule has 0 radical (unpaired) electrons. The zero-order valence-electron chi connectivity index (χ0n) is 16.3. The summed E-state index contributed by atoms with van der Waals surface area (Å²) in [6.45, 7) is 3.37. The number of anilines is 1. The van der Waals surface area contributed by atoms with Crippen LogP contribution in [0.1, 0.15) is 31.7 Å². The van der Waals surface area contributed by atoms with E-state index in [-0.39, 0.29) is 42.4 Å². The zero-order valence-corrected chi connectivity index (χ0v) is 17.1. The number of amides is 2. The highest BCUT2D eigenvalue weighted by atomic mass is 32.2. The van der Waals surface area contributed by atoms with Crippen LogP contribution in [0.4, 0.5) is 5.69 Å². The minimum absolute atomic E-state index is 0.00360. The molecule has 1 aromatic carbocycles. The second-order valence-corrected chi connectivity index (χ2v) is 9.47. The maximum absolute atomic E-state index is 12.4. The quantitative estimate of drug-likeness (QED) is 0.709. The second kappa shape index (κ2) is 8.32. The summed E-state index contributed by atoms with van der Waals surface area (Å²) in [5, 5.41) is 7.79. The minimum Gasteiger partial charge on any atom is -0.448 e. The molecule has 2 atom stereocenters. The molecule has 1 saturated heterocycles. The molecule has 3 rings (SSSR count). The van der Waals surface area contributed by atoms with Crippen LogP contribution in [-0.4, -0.2) is 60.6 Å². The number of aryl methyl sites for hydroxylation is 1. The van der Waals surface area contributed by atoms with Crippen molar-refractivity contribution < 1.29 is 27.5 Å². The number of hydrazone groups is 1. The lowest BCUT2D eigenvalue weighted by Gasteiger charge is -2.27. The summed E-state index contributed by atoms with van der Waals surface area (Å²) < 4.78 is 28.5. The third kappa shape index (κ3) is 5.20. The van der Waals surface area contributed by atoms with E-state index >= 15 is 0 Å². The lowest BCUT2D eigenvalue weighted by molar-refractivity contribution is -0.147. The maximum Gasteiger partial charge on any atom is 0.355 e. The summed E-state index contributed by atoms with van der Waals surface area (Å²) >= 11 is 0. The van der Waals surface area contributed by atoms with E-state index in [0.29, 0.717) is 5.69 Å². The number of nitrogens with zero attached hydrogens (tertiary/aromatic N) is 2. The Bertz CT molecular complexity index is 955. The van der Waals surface area contributed by atoms with Gasteiger partial charge in [0.05, 0.1) is 17.5 Å². The molecule has 2 aliphatic heterocycles. The van der Waals surface area contributed by atoms with Gasteiger partial charge in [0.2, 0.25) is 5.91 Å². The van der Waals surface area contributed by atoms with Crippen molar-refractivity contribution in [1.29, 1.82) is 0 Å². The van der Waals surface area contributed by atoms with Gasteiger partial charge in [-0.15, -0.1) is 0 Å². The number of esters is 1. The van der Waals surface area contributed by atoms with Gasteiger partial charge in [0.25, 0.3) is 5.91 Å². The first-order valence-corrected chi connectivity index (χ1v) is 11.2. The molecular formula is C19H23N3O6S. The fourth-order valence-electron chi connectivity index (χ4n) is 3.14. The van der Waals surface area contributed by atoms with E-state index in [4.69, 9.17) is 4.74 Å². The number of carbonyl (C=O) groups is 3. The molecule has 1 fully saturated rings. The van der Waals surface area contributed by atoms with Crippen molar-refractivity contribution in [1.82, 2.24) is 5.01 Å². The molecule has 2 aliphatic rings. The van der Waals surface area contributed by atoms with Crippen LogP contribution in [-0.2, 0) is 29.0 Å². The van der Waals surface area contributed by atoms with Crippen LogP contribution in [0.3, 0.4) is 0 Å². The van der Waals surface area contributed by atoms with E-state index in [1.807, 2.05) is 19.1 Å². The van der Waals surface area contributed by atoms with E-state index in [9.17, 15) is 22.8 Å². The second-order valence-electron chi connectivity index (χ2n) is 7.24. The Morgan fingerprint density at radius 1 is 1.24 bits per heavy atom. The van der Waals surface area contributed by atoms with Crippen molar-refractivity contribution in [2.45, 2.75) is 45.3 Å². The molecule has 0 aliphatic carbocycles. The van der Waals surface area contributed by atoms with Crippen LogP contribution < -0.4 is 5.32 Å². The molecule has 2 heterocycles. The Balaban J connectivity index is 1.62. The van der Waals surface area contributed by atoms with Crippen molar-refractivity contribution in [3.05, 3.63) is 29.8 Å². The van der Waals surface area contributed by atoms with Gasteiger partial charge in [-0.05, 0) is 32.4 Å². The van der Waals surface area contributed by atoms with Crippen molar-refractivity contribution in [2.24, 2.45) is 5.10 Å². The van der Waals surface area contributed by atoms with Gasteiger partial charge in [0.1, 0.15) is 5.71 Å². The van der Waals surface area contributed by atoms with Gasteiger partial charge in [0.15, 0.2) is 15.9 Å². The summed E-state index contributed by atoms with van der Waals surface area (Å²) in [6.07, 6.45) is -0.659. The summed E-state index contributed by atoms with van der Waals surface area (Å²) in [6, 6.07) is 6.60. The topological polar surface area (TPSA) is 122 Å². The summed E-state index contributed by atoms with van der Waals surface area (Å²) in [7, 11) is -3.20. The summed E-state index contributed by atoms with van der Waals surface area (Å²) in [5.74, 6) is -1.79. The Labute approximate surface area is 169 Å². The Kier molecular flexibility index (Phi) is 6.02. The number of hydrogen-bond acceptors (Lipinski definition) is 7. The Morgan fingerprint density at radius 2 is 1.93 bits per heavy atom. The van der Waals surface area contributed by atoms with E-state index in [0.717, 1.165) is 10.6 Å². The SMILES string of the molecule is Cc1ccc(NC(=O)[C@H](C)OC(=O)C2=NN([C@@H]3CCS(=O)(=O)C3)C(=O)CC2)cc1. The Hall–Kier alpha value is -2.75. The molecule has 0 saturated carbocycles. The molecule has 2 amide bonds. The monoisotopic (exact) mass is 421 g/mol. The lowest BCUT2D eigenvalue weighted by atomic mass is 10.1. The standard InChI is InChI=1S/C19H23N3O6S/c1-12-3-5-14(6-4-12)20-18(24)13(2)28-19(25)16-7-8-17(23)22(21-16)15-9-10-29(26,27)11-15/h3-6,13,15H,7-11H2,1-2H3,(H,20,24)/t13-,15+/m0/s1. The van der Waals surface area contributed by atoms with E-state index < -0.39 is 33.9 Å². The van der Waals surface area contributed by atoms with E-state index in [2.05, 4.69) is 10.4 Å². The largest absolute Gasteiger partial charge is 0.448 e. The summed E-state index contributed by atoms with van der Waals surface area (Å²) in [4.78, 5) is 36.8. The lowest BCUT2D eigenvalue weighted by Crippen LogP contribution is -2.42. The molecule has 9 nitrogen and oxygen atoms in total. The first kappa shape index (κ1) is 21.0. The highest BCUT2D eigenvalue weighted by molar-refractivity contribution is 7.91. The molecule has 0 unspecified atom stereocenters. The van der Waals surface area contributed by atoms with Crippen molar-refractivity contribution >= 4 is 39.0 Å². The zero-order chi connectivity index (χ0) is 21.2. The van der Waals surface area contributed by atoms with Crippen LogP contribution in [0.15, 0.2) is 29.4 Å². The van der Waals surface area contributed by atoms with Gasteiger partial charge in [-0.25, -0.2) is 18.2 Å². The number of nitrogens with one attached hydrogen (secondary N) is 1. The van der Waals surface area contributed by atoms with Crippen molar-refractivity contribution in [3.8, 4) is 0 Å². The van der Waals surface area contributed by atoms with Crippen molar-refractivity contribution in [3.63, 3.8) is 0 Å². The van der Waals surface area contributed by atoms with E-state index in [1.165, 1.54) is 6.92 Å².